The van der Waals surface area contributed by atoms with Crippen molar-refractivity contribution in [1.29, 1.82) is 0 Å². The maximum atomic E-state index is 12.5. The first kappa shape index (κ1) is 34.8. The van der Waals surface area contributed by atoms with Crippen molar-refractivity contribution in [3.8, 4) is 0 Å². The highest BCUT2D eigenvalue weighted by atomic mass is 31.3. The van der Waals surface area contributed by atoms with Gasteiger partial charge < -0.3 is 38.3 Å². The van der Waals surface area contributed by atoms with Crippen molar-refractivity contribution in [2.75, 3.05) is 11.9 Å². The summed E-state index contributed by atoms with van der Waals surface area (Å²) in [7, 11) is -17.5. The smallest absolute Gasteiger partial charge is 0.413 e. The van der Waals surface area contributed by atoms with Gasteiger partial charge in [-0.2, -0.15) is 4.98 Å². The average Bonchev–Trinajstić information content (AvgIpc) is 3.34. The molecular weight excluding hydrogens is 663 g/mol. The Balaban J connectivity index is 1.26. The fourth-order valence-corrected chi connectivity index (χ4v) is 7.16. The minimum atomic E-state index is -6.08. The number of nitrogens with one attached hydrogen (secondary N) is 1. The van der Waals surface area contributed by atoms with Crippen molar-refractivity contribution in [3.05, 3.63) is 94.5 Å². The Morgan fingerprint density at radius 2 is 1.49 bits per heavy atom. The molecule has 0 bridgehead atoms. The molecule has 4 unspecified atom stereocenters. The molecule has 0 aliphatic carbocycles. The first-order valence-corrected chi connectivity index (χ1v) is 17.2. The predicted molar refractivity (Wildman–Crippen MR) is 145 cm³/mol. The van der Waals surface area contributed by atoms with Gasteiger partial charge in [0, 0.05) is 12.6 Å². The number of phosphoric acid groups is 3. The molecule has 1 fully saturated rings. The second-order valence-electron chi connectivity index (χ2n) is 9.18. The lowest BCUT2D eigenvalue weighted by atomic mass is 10.2. The van der Waals surface area contributed by atoms with Gasteiger partial charge in [0.15, 0.2) is 0 Å². The molecule has 0 saturated carbocycles. The van der Waals surface area contributed by atoms with E-state index in [0.29, 0.717) is 5.56 Å². The third-order valence-corrected chi connectivity index (χ3v) is 9.93. The van der Waals surface area contributed by atoms with Gasteiger partial charge in [-0.1, -0.05) is 60.7 Å². The number of amides is 1. The fraction of sp³-hybridized carbons (Fsp3) is 0.292. The highest BCUT2D eigenvalue weighted by molar-refractivity contribution is 7.65. The number of benzene rings is 2. The van der Waals surface area contributed by atoms with E-state index in [9.17, 15) is 43.1 Å². The zero-order valence-electron chi connectivity index (χ0n) is 22.9. The molecular formula is C24H25N3O15P3-3. The van der Waals surface area contributed by atoms with Crippen LogP contribution in [0.25, 0.3) is 0 Å². The van der Waals surface area contributed by atoms with Gasteiger partial charge in [0.2, 0.25) is 0 Å². The third kappa shape index (κ3) is 11.0. The van der Waals surface area contributed by atoms with Gasteiger partial charge in [-0.15, -0.1) is 0 Å². The van der Waals surface area contributed by atoms with Crippen LogP contribution in [0.5, 0.6) is 0 Å². The highest BCUT2D eigenvalue weighted by Gasteiger charge is 2.37. The molecule has 21 heteroatoms. The Kier molecular flexibility index (Phi) is 11.6. The first-order valence-electron chi connectivity index (χ1n) is 12.8. The van der Waals surface area contributed by atoms with E-state index < -0.39 is 66.9 Å². The van der Waals surface area contributed by atoms with Crippen LogP contribution in [0.15, 0.2) is 77.7 Å². The van der Waals surface area contributed by atoms with E-state index in [2.05, 4.69) is 28.0 Å². The van der Waals surface area contributed by atoms with Gasteiger partial charge >= 0.3 is 11.8 Å². The van der Waals surface area contributed by atoms with Crippen LogP contribution in [0.4, 0.5) is 10.6 Å². The Labute approximate surface area is 254 Å². The topological polar surface area (TPSA) is 260 Å². The van der Waals surface area contributed by atoms with Gasteiger partial charge in [-0.3, -0.25) is 23.6 Å². The molecule has 0 radical (unpaired) electrons. The number of rotatable bonds is 14. The van der Waals surface area contributed by atoms with Crippen molar-refractivity contribution in [2.45, 2.75) is 38.1 Å². The first-order chi connectivity index (χ1) is 21.2. The van der Waals surface area contributed by atoms with Crippen molar-refractivity contribution in [1.82, 2.24) is 9.55 Å². The molecule has 244 valence electrons. The Bertz CT molecular complexity index is 1660. The van der Waals surface area contributed by atoms with Crippen LogP contribution in [0.3, 0.4) is 0 Å². The molecule has 0 spiro atoms. The molecule has 2 N–H and O–H groups in total. The molecule has 4 rings (SSSR count). The molecule has 3 aromatic rings. The maximum absolute atomic E-state index is 12.5. The SMILES string of the molecule is O=C(Nc1ccn([C@H]2CC(O)[C@@H](COP(=O)([O-])OP(=O)([O-])OP(=O)([O-])OCc3ccccc3)O2)c(=O)n1)OCc1ccccc1. The van der Waals surface area contributed by atoms with Gasteiger partial charge in [0.1, 0.15) is 24.8 Å². The summed E-state index contributed by atoms with van der Waals surface area (Å²) in [5.41, 5.74) is 0.169. The van der Waals surface area contributed by atoms with Gasteiger partial charge in [-0.05, 0) is 17.2 Å². The van der Waals surface area contributed by atoms with E-state index in [1.807, 2.05) is 0 Å². The molecule has 2 aromatic carbocycles. The van der Waals surface area contributed by atoms with E-state index in [0.717, 1.165) is 10.1 Å². The van der Waals surface area contributed by atoms with Crippen molar-refractivity contribution in [2.24, 2.45) is 0 Å². The van der Waals surface area contributed by atoms with E-state index in [-0.39, 0.29) is 18.8 Å². The van der Waals surface area contributed by atoms with Crippen LogP contribution in [-0.2, 0) is 54.1 Å². The largest absolute Gasteiger partial charge is 0.756 e. The number of hydrogen-bond acceptors (Lipinski definition) is 16. The lowest BCUT2D eigenvalue weighted by Crippen LogP contribution is -2.29. The summed E-state index contributed by atoms with van der Waals surface area (Å²) in [5.74, 6) is -0.144. The number of aromatic nitrogens is 2. The van der Waals surface area contributed by atoms with E-state index in [1.54, 1.807) is 48.5 Å². The van der Waals surface area contributed by atoms with Gasteiger partial charge in [-0.25, -0.2) is 18.2 Å². The number of aliphatic hydroxyl groups is 1. The molecule has 1 aliphatic rings. The van der Waals surface area contributed by atoms with Crippen molar-refractivity contribution >= 4 is 35.4 Å². The number of carbonyl (C=O) groups excluding carboxylic acids is 1. The van der Waals surface area contributed by atoms with Crippen LogP contribution in [0.1, 0.15) is 23.8 Å². The standard InChI is InChI=1S/C24H28N3O15P3/c28-19-13-22(27-12-11-21(25-23(27)29)26-24(30)37-14-17-7-3-1-4-8-17)40-20(19)16-39-44(33,34)42-45(35,36)41-43(31,32)38-15-18-9-5-2-6-10-18/h1-12,19-20,22,28H,13-16H2,(H,31,32)(H,33,34)(H,35,36)(H,25,26,29,30)/p-3/t19?,20-,22-/m1/s1. The number of phosphoric ester groups is 2. The monoisotopic (exact) mass is 688 g/mol. The summed E-state index contributed by atoms with van der Waals surface area (Å²) in [6.07, 6.45) is -3.91. The normalized spacial score (nSPS) is 22.1. The predicted octanol–water partition coefficient (Wildman–Crippen LogP) is 1.31. The minimum absolute atomic E-state index is 0.0235. The van der Waals surface area contributed by atoms with Crippen LogP contribution in [0, 0.1) is 0 Å². The quantitative estimate of drug-likeness (QED) is 0.226. The second kappa shape index (κ2) is 15.0. The number of aliphatic hydroxyl groups excluding tert-OH is 1. The number of carbonyl (C=O) groups is 1. The summed E-state index contributed by atoms with van der Waals surface area (Å²) in [6, 6.07) is 17.8. The summed E-state index contributed by atoms with van der Waals surface area (Å²) >= 11 is 0. The minimum Gasteiger partial charge on any atom is -0.756 e. The lowest BCUT2D eigenvalue weighted by molar-refractivity contribution is -0.252. The molecule has 45 heavy (non-hydrogen) atoms. The van der Waals surface area contributed by atoms with E-state index in [1.165, 1.54) is 24.4 Å². The highest BCUT2D eigenvalue weighted by Crippen LogP contribution is 2.63. The van der Waals surface area contributed by atoms with Crippen LogP contribution in [-0.4, -0.2) is 39.6 Å². The molecule has 1 aromatic heterocycles. The Hall–Kier alpha value is -3.08. The van der Waals surface area contributed by atoms with Crippen molar-refractivity contribution < 1.29 is 65.4 Å². The summed E-state index contributed by atoms with van der Waals surface area (Å²) in [4.78, 5) is 64.1. The van der Waals surface area contributed by atoms with Crippen LogP contribution < -0.4 is 25.7 Å². The molecule has 1 amide bonds. The zero-order chi connectivity index (χ0) is 32.7. The number of hydrogen-bond donors (Lipinski definition) is 2. The van der Waals surface area contributed by atoms with Crippen LogP contribution >= 0.6 is 23.5 Å². The maximum Gasteiger partial charge on any atom is 0.413 e. The number of anilines is 1. The average molecular weight is 688 g/mol. The molecule has 18 nitrogen and oxygen atoms in total. The van der Waals surface area contributed by atoms with E-state index >= 15 is 0 Å². The number of nitrogens with zero attached hydrogens (tertiary/aromatic N) is 2. The Morgan fingerprint density at radius 1 is 0.911 bits per heavy atom. The zero-order valence-corrected chi connectivity index (χ0v) is 25.6. The molecule has 2 heterocycles. The number of ether oxygens (including phenoxy) is 2. The second-order valence-corrected chi connectivity index (χ2v) is 13.7. The lowest BCUT2D eigenvalue weighted by Gasteiger charge is -2.34. The van der Waals surface area contributed by atoms with Crippen molar-refractivity contribution in [3.63, 3.8) is 0 Å². The molecule has 6 atom stereocenters. The summed E-state index contributed by atoms with van der Waals surface area (Å²) in [5, 5.41) is 12.6. The summed E-state index contributed by atoms with van der Waals surface area (Å²) < 4.78 is 63.7. The molecule has 1 aliphatic heterocycles. The fourth-order valence-electron chi connectivity index (χ4n) is 3.80. The molecule has 1 saturated heterocycles. The Morgan fingerprint density at radius 3 is 2.09 bits per heavy atom. The summed E-state index contributed by atoms with van der Waals surface area (Å²) in [6.45, 7) is -1.62. The van der Waals surface area contributed by atoms with Gasteiger partial charge in [0.25, 0.3) is 23.5 Å². The van der Waals surface area contributed by atoms with Gasteiger partial charge in [0.05, 0.1) is 19.3 Å². The van der Waals surface area contributed by atoms with E-state index in [4.69, 9.17) is 9.47 Å². The van der Waals surface area contributed by atoms with Crippen LogP contribution in [0.2, 0.25) is 0 Å². The third-order valence-electron chi connectivity index (χ3n) is 5.82.